The number of carbonyl (C=O) groups excluding carboxylic acids is 1. The van der Waals surface area contributed by atoms with E-state index >= 15 is 0 Å². The highest BCUT2D eigenvalue weighted by molar-refractivity contribution is 5.80. The second-order valence-electron chi connectivity index (χ2n) is 8.63. The first-order valence-electron chi connectivity index (χ1n) is 10.6. The zero-order valence-electron chi connectivity index (χ0n) is 17.7. The van der Waals surface area contributed by atoms with Gasteiger partial charge in [-0.1, -0.05) is 102 Å². The van der Waals surface area contributed by atoms with Crippen molar-refractivity contribution in [3.63, 3.8) is 0 Å². The van der Waals surface area contributed by atoms with Crippen LogP contribution < -0.4 is 0 Å². The van der Waals surface area contributed by atoms with Crippen molar-refractivity contribution in [2.45, 2.75) is 79.6 Å². The first kappa shape index (κ1) is 22.7. The smallest absolute Gasteiger partial charge is 0.136 e. The molecule has 0 fully saturated rings. The Kier molecular flexibility index (Phi) is 11.2. The third-order valence-corrected chi connectivity index (χ3v) is 5.33. The van der Waals surface area contributed by atoms with Crippen molar-refractivity contribution < 1.29 is 4.79 Å². The van der Waals surface area contributed by atoms with Crippen LogP contribution in [0.1, 0.15) is 78.7 Å². The van der Waals surface area contributed by atoms with Crippen LogP contribution in [-0.4, -0.2) is 5.78 Å². The molecule has 1 nitrogen and oxygen atoms in total. The van der Waals surface area contributed by atoms with E-state index in [0.717, 1.165) is 18.3 Å². The minimum Gasteiger partial charge on any atom is -0.299 e. The molecule has 0 aliphatic rings. The molecule has 1 rings (SSSR count). The van der Waals surface area contributed by atoms with Crippen molar-refractivity contribution in [2.24, 2.45) is 23.7 Å². The van der Waals surface area contributed by atoms with Gasteiger partial charge in [-0.15, -0.1) is 0 Å². The number of Topliss-reactive ketones (excluding diaryl/α,β-unsaturated/α-hetero) is 1. The number of hydrogen-bond donors (Lipinski definition) is 0. The highest BCUT2D eigenvalue weighted by atomic mass is 16.1. The second-order valence-corrected chi connectivity index (χ2v) is 8.63. The molecule has 0 heterocycles. The average molecular weight is 357 g/mol. The summed E-state index contributed by atoms with van der Waals surface area (Å²) in [6.45, 7) is 11.0. The first-order valence-corrected chi connectivity index (χ1v) is 10.6. The number of allylic oxidation sites excluding steroid dienone is 2. The SMILES string of the molecule is CC(=O)C(C=CC(C)CCCC(C)CCCC(C)C)Cc1ccccc1. The Balaban J connectivity index is 2.32. The molecule has 1 heteroatoms. The Morgan fingerprint density at radius 3 is 2.08 bits per heavy atom. The van der Waals surface area contributed by atoms with E-state index in [1.54, 1.807) is 6.92 Å². The molecule has 3 unspecified atom stereocenters. The van der Waals surface area contributed by atoms with Gasteiger partial charge in [-0.3, -0.25) is 4.79 Å². The van der Waals surface area contributed by atoms with Crippen molar-refractivity contribution in [2.75, 3.05) is 0 Å². The predicted molar refractivity (Wildman–Crippen MR) is 114 cm³/mol. The monoisotopic (exact) mass is 356 g/mol. The molecular weight excluding hydrogens is 316 g/mol. The lowest BCUT2D eigenvalue weighted by molar-refractivity contribution is -0.119. The Morgan fingerprint density at radius 2 is 1.50 bits per heavy atom. The lowest BCUT2D eigenvalue weighted by Gasteiger charge is -2.14. The summed E-state index contributed by atoms with van der Waals surface area (Å²) in [5.41, 5.74) is 1.24. The van der Waals surface area contributed by atoms with Gasteiger partial charge >= 0.3 is 0 Å². The number of carbonyl (C=O) groups is 1. The summed E-state index contributed by atoms with van der Waals surface area (Å²) in [5.74, 6) is 2.49. The standard InChI is InChI=1S/C25H40O/c1-20(2)11-9-12-21(3)13-10-14-22(4)17-18-25(23(5)26)19-24-15-7-6-8-16-24/h6-8,15-18,20-22,25H,9-14,19H2,1-5H3. The number of hydrogen-bond acceptors (Lipinski definition) is 1. The lowest BCUT2D eigenvalue weighted by atomic mass is 9.91. The summed E-state index contributed by atoms with van der Waals surface area (Å²) < 4.78 is 0. The van der Waals surface area contributed by atoms with E-state index < -0.39 is 0 Å². The molecule has 3 atom stereocenters. The van der Waals surface area contributed by atoms with Crippen molar-refractivity contribution >= 4 is 5.78 Å². The van der Waals surface area contributed by atoms with Gasteiger partial charge in [0.05, 0.1) is 0 Å². The van der Waals surface area contributed by atoms with Crippen molar-refractivity contribution in [1.29, 1.82) is 0 Å². The summed E-state index contributed by atoms with van der Waals surface area (Å²) in [6, 6.07) is 10.3. The van der Waals surface area contributed by atoms with Gasteiger partial charge < -0.3 is 0 Å². The van der Waals surface area contributed by atoms with Crippen LogP contribution in [-0.2, 0) is 11.2 Å². The van der Waals surface area contributed by atoms with E-state index in [1.165, 1.54) is 44.1 Å². The van der Waals surface area contributed by atoms with Gasteiger partial charge in [0.15, 0.2) is 0 Å². The predicted octanol–water partition coefficient (Wildman–Crippen LogP) is 7.26. The van der Waals surface area contributed by atoms with Crippen LogP contribution in [0.15, 0.2) is 42.5 Å². The normalized spacial score (nSPS) is 15.3. The molecule has 0 N–H and O–H groups in total. The topological polar surface area (TPSA) is 17.1 Å². The Labute approximate surface area is 162 Å². The third-order valence-electron chi connectivity index (χ3n) is 5.33. The van der Waals surface area contributed by atoms with Gasteiger partial charge in [0.1, 0.15) is 5.78 Å². The molecule has 0 aliphatic carbocycles. The maximum atomic E-state index is 12.0. The second kappa shape index (κ2) is 12.9. The van der Waals surface area contributed by atoms with Crippen LogP contribution in [0.2, 0.25) is 0 Å². The molecule has 0 aliphatic heterocycles. The number of benzene rings is 1. The molecule has 1 aromatic carbocycles. The Morgan fingerprint density at radius 1 is 0.885 bits per heavy atom. The van der Waals surface area contributed by atoms with E-state index in [4.69, 9.17) is 0 Å². The maximum absolute atomic E-state index is 12.0. The Bertz CT molecular complexity index is 514. The van der Waals surface area contributed by atoms with E-state index in [9.17, 15) is 4.79 Å². The van der Waals surface area contributed by atoms with Crippen LogP contribution in [0, 0.1) is 23.7 Å². The summed E-state index contributed by atoms with van der Waals surface area (Å²) in [6.07, 6.45) is 13.2. The van der Waals surface area contributed by atoms with Crippen LogP contribution in [0.4, 0.5) is 0 Å². The van der Waals surface area contributed by atoms with E-state index in [0.29, 0.717) is 5.92 Å². The molecule has 146 valence electrons. The number of rotatable bonds is 13. The van der Waals surface area contributed by atoms with Gasteiger partial charge in [0, 0.05) is 5.92 Å². The highest BCUT2D eigenvalue weighted by Crippen LogP contribution is 2.20. The molecule has 26 heavy (non-hydrogen) atoms. The molecule has 0 saturated carbocycles. The van der Waals surface area contributed by atoms with Crippen LogP contribution >= 0.6 is 0 Å². The quantitative estimate of drug-likeness (QED) is 0.340. The van der Waals surface area contributed by atoms with Crippen LogP contribution in [0.25, 0.3) is 0 Å². The third kappa shape index (κ3) is 10.6. The molecule has 0 aromatic heterocycles. The van der Waals surface area contributed by atoms with E-state index in [-0.39, 0.29) is 11.7 Å². The molecule has 1 aromatic rings. The van der Waals surface area contributed by atoms with Gasteiger partial charge in [0.25, 0.3) is 0 Å². The minimum absolute atomic E-state index is 0.00908. The Hall–Kier alpha value is -1.37. The maximum Gasteiger partial charge on any atom is 0.136 e. The van der Waals surface area contributed by atoms with Crippen LogP contribution in [0.5, 0.6) is 0 Å². The first-order chi connectivity index (χ1) is 12.4. The van der Waals surface area contributed by atoms with Crippen molar-refractivity contribution in [3.8, 4) is 0 Å². The largest absolute Gasteiger partial charge is 0.299 e. The fourth-order valence-electron chi connectivity index (χ4n) is 3.44. The molecule has 0 amide bonds. The average Bonchev–Trinajstić information content (AvgIpc) is 2.59. The van der Waals surface area contributed by atoms with Gasteiger partial charge in [-0.25, -0.2) is 0 Å². The zero-order chi connectivity index (χ0) is 19.4. The van der Waals surface area contributed by atoms with Crippen molar-refractivity contribution in [1.82, 2.24) is 0 Å². The van der Waals surface area contributed by atoms with E-state index in [2.05, 4.69) is 52.0 Å². The summed E-state index contributed by atoms with van der Waals surface area (Å²) in [5, 5.41) is 0. The number of ketones is 1. The van der Waals surface area contributed by atoms with Gasteiger partial charge in [0.2, 0.25) is 0 Å². The molecule has 0 bridgehead atoms. The summed E-state index contributed by atoms with van der Waals surface area (Å²) in [7, 11) is 0. The summed E-state index contributed by atoms with van der Waals surface area (Å²) in [4.78, 5) is 12.0. The molecule has 0 saturated heterocycles. The zero-order valence-corrected chi connectivity index (χ0v) is 17.7. The van der Waals surface area contributed by atoms with Gasteiger partial charge in [-0.2, -0.15) is 0 Å². The minimum atomic E-state index is 0.00908. The van der Waals surface area contributed by atoms with Crippen LogP contribution in [0.3, 0.4) is 0 Å². The van der Waals surface area contributed by atoms with Gasteiger partial charge in [-0.05, 0) is 43.1 Å². The fraction of sp³-hybridized carbons (Fsp3) is 0.640. The molecule has 0 spiro atoms. The molecular formula is C25H40O. The summed E-state index contributed by atoms with van der Waals surface area (Å²) >= 11 is 0. The molecule has 0 radical (unpaired) electrons. The fourth-order valence-corrected chi connectivity index (χ4v) is 3.44. The lowest BCUT2D eigenvalue weighted by Crippen LogP contribution is -2.11. The van der Waals surface area contributed by atoms with Crippen molar-refractivity contribution in [3.05, 3.63) is 48.0 Å². The van der Waals surface area contributed by atoms with E-state index in [1.807, 2.05) is 18.2 Å². The highest BCUT2D eigenvalue weighted by Gasteiger charge is 2.12.